The van der Waals surface area contributed by atoms with Crippen LogP contribution in [0, 0.1) is 10.1 Å². The number of hydrogen-bond acceptors (Lipinski definition) is 7. The number of nitrogens with one attached hydrogen (secondary N) is 1. The first kappa shape index (κ1) is 19.1. The first-order valence-corrected chi connectivity index (χ1v) is 9.11. The van der Waals surface area contributed by atoms with E-state index in [1.807, 2.05) is 4.90 Å². The molecule has 1 amide bonds. The highest BCUT2D eigenvalue weighted by atomic mass is 32.2. The van der Waals surface area contributed by atoms with E-state index in [0.717, 1.165) is 6.07 Å². The fourth-order valence-electron chi connectivity index (χ4n) is 2.47. The minimum atomic E-state index is -3.81. The molecule has 1 aliphatic heterocycles. The van der Waals surface area contributed by atoms with Crippen LogP contribution in [0.15, 0.2) is 29.2 Å². The Morgan fingerprint density at radius 3 is 2.60 bits per heavy atom. The van der Waals surface area contributed by atoms with E-state index in [1.54, 1.807) is 4.90 Å². The van der Waals surface area contributed by atoms with Crippen molar-refractivity contribution in [2.24, 2.45) is 0 Å². The molecule has 25 heavy (non-hydrogen) atoms. The average molecular weight is 372 g/mol. The minimum absolute atomic E-state index is 0.141. The van der Waals surface area contributed by atoms with Crippen molar-refractivity contribution in [2.45, 2.75) is 4.90 Å². The van der Waals surface area contributed by atoms with Crippen LogP contribution in [0.1, 0.15) is 0 Å². The van der Waals surface area contributed by atoms with Crippen LogP contribution >= 0.6 is 0 Å². The second-order valence-electron chi connectivity index (χ2n) is 5.45. The molecule has 0 atom stereocenters. The van der Waals surface area contributed by atoms with Crippen LogP contribution in [0.25, 0.3) is 0 Å². The van der Waals surface area contributed by atoms with Gasteiger partial charge in [-0.2, -0.15) is 0 Å². The summed E-state index contributed by atoms with van der Waals surface area (Å²) in [6.45, 7) is 2.92. The fourth-order valence-corrected chi connectivity index (χ4v) is 3.53. The standard InChI is InChI=1S/C14H20N4O6S/c1-24-14(19)17-9-7-16(8-10-17)6-5-15-25(22,23)13-4-2-3-12(11-13)18(20)21/h2-4,11,15H,5-10H2,1H3. The monoisotopic (exact) mass is 372 g/mol. The molecule has 0 bridgehead atoms. The molecule has 11 heteroatoms. The Labute approximate surface area is 145 Å². The normalized spacial score (nSPS) is 15.8. The Morgan fingerprint density at radius 2 is 2.00 bits per heavy atom. The van der Waals surface area contributed by atoms with Crippen LogP contribution in [-0.2, 0) is 14.8 Å². The quantitative estimate of drug-likeness (QED) is 0.561. The van der Waals surface area contributed by atoms with Crippen molar-refractivity contribution in [3.8, 4) is 0 Å². The Kier molecular flexibility index (Phi) is 6.28. The number of rotatable bonds is 6. The Morgan fingerprint density at radius 1 is 1.32 bits per heavy atom. The van der Waals surface area contributed by atoms with Gasteiger partial charge in [-0.05, 0) is 6.07 Å². The van der Waals surface area contributed by atoms with Gasteiger partial charge in [-0.1, -0.05) is 6.07 Å². The van der Waals surface area contributed by atoms with Gasteiger partial charge in [0.05, 0.1) is 16.9 Å². The third-order valence-corrected chi connectivity index (χ3v) is 5.32. The first-order chi connectivity index (χ1) is 11.8. The van der Waals surface area contributed by atoms with Crippen molar-refractivity contribution in [3.05, 3.63) is 34.4 Å². The van der Waals surface area contributed by atoms with E-state index in [9.17, 15) is 23.3 Å². The zero-order chi connectivity index (χ0) is 18.4. The van der Waals surface area contributed by atoms with Crippen molar-refractivity contribution in [1.29, 1.82) is 0 Å². The first-order valence-electron chi connectivity index (χ1n) is 7.63. The third-order valence-electron chi connectivity index (χ3n) is 3.86. The van der Waals surface area contributed by atoms with E-state index in [0.29, 0.717) is 32.7 Å². The molecule has 0 aliphatic carbocycles. The summed E-state index contributed by atoms with van der Waals surface area (Å²) in [6, 6.07) is 4.90. The number of non-ortho nitro benzene ring substituents is 1. The summed E-state index contributed by atoms with van der Waals surface area (Å²) in [5.41, 5.74) is -0.276. The van der Waals surface area contributed by atoms with Gasteiger partial charge in [0.2, 0.25) is 10.0 Å². The predicted molar refractivity (Wildman–Crippen MR) is 88.7 cm³/mol. The van der Waals surface area contributed by atoms with Gasteiger partial charge in [0, 0.05) is 51.4 Å². The number of sulfonamides is 1. The van der Waals surface area contributed by atoms with E-state index in [2.05, 4.69) is 9.46 Å². The summed E-state index contributed by atoms with van der Waals surface area (Å²) in [6.07, 6.45) is -0.369. The van der Waals surface area contributed by atoms with Crippen molar-refractivity contribution in [2.75, 3.05) is 46.4 Å². The van der Waals surface area contributed by atoms with Crippen molar-refractivity contribution in [3.63, 3.8) is 0 Å². The molecule has 1 aliphatic rings. The molecule has 0 saturated carbocycles. The summed E-state index contributed by atoms with van der Waals surface area (Å²) < 4.78 is 31.5. The number of piperazine rings is 1. The molecule has 1 fully saturated rings. The van der Waals surface area contributed by atoms with Crippen LogP contribution < -0.4 is 4.72 Å². The van der Waals surface area contributed by atoms with Gasteiger partial charge in [-0.25, -0.2) is 17.9 Å². The van der Waals surface area contributed by atoms with E-state index in [4.69, 9.17) is 0 Å². The summed E-state index contributed by atoms with van der Waals surface area (Å²) in [7, 11) is -2.48. The molecule has 1 N–H and O–H groups in total. The second-order valence-corrected chi connectivity index (χ2v) is 7.22. The highest BCUT2D eigenvalue weighted by Crippen LogP contribution is 2.17. The predicted octanol–water partition coefficient (Wildman–Crippen LogP) is 0.257. The van der Waals surface area contributed by atoms with Crippen molar-refractivity contribution >= 4 is 21.8 Å². The summed E-state index contributed by atoms with van der Waals surface area (Å²) >= 11 is 0. The maximum atomic E-state index is 12.2. The highest BCUT2D eigenvalue weighted by Gasteiger charge is 2.22. The smallest absolute Gasteiger partial charge is 0.409 e. The molecule has 0 aromatic heterocycles. The lowest BCUT2D eigenvalue weighted by atomic mass is 10.3. The summed E-state index contributed by atoms with van der Waals surface area (Å²) in [5, 5.41) is 10.7. The summed E-state index contributed by atoms with van der Waals surface area (Å²) in [4.78, 5) is 25.0. The second kappa shape index (κ2) is 8.23. The number of hydrogen-bond donors (Lipinski definition) is 1. The van der Waals surface area contributed by atoms with Gasteiger partial charge >= 0.3 is 6.09 Å². The molecule has 0 unspecified atom stereocenters. The van der Waals surface area contributed by atoms with Crippen molar-refractivity contribution < 1.29 is 22.9 Å². The molecule has 1 saturated heterocycles. The molecular formula is C14H20N4O6S. The fraction of sp³-hybridized carbons (Fsp3) is 0.500. The van der Waals surface area contributed by atoms with E-state index >= 15 is 0 Å². The number of amides is 1. The number of benzene rings is 1. The molecule has 138 valence electrons. The van der Waals surface area contributed by atoms with Gasteiger partial charge in [0.25, 0.3) is 5.69 Å². The maximum Gasteiger partial charge on any atom is 0.409 e. The highest BCUT2D eigenvalue weighted by molar-refractivity contribution is 7.89. The van der Waals surface area contributed by atoms with Crippen molar-refractivity contribution in [1.82, 2.24) is 14.5 Å². The molecule has 1 aromatic carbocycles. The number of nitro groups is 1. The molecule has 0 spiro atoms. The Hall–Kier alpha value is -2.24. The van der Waals surface area contributed by atoms with Gasteiger partial charge < -0.3 is 9.64 Å². The Bertz CT molecular complexity index is 731. The van der Waals surface area contributed by atoms with Gasteiger partial charge in [0.15, 0.2) is 0 Å². The van der Waals surface area contributed by atoms with Crippen LogP contribution in [0.4, 0.5) is 10.5 Å². The van der Waals surface area contributed by atoms with Gasteiger partial charge in [0.1, 0.15) is 0 Å². The number of ether oxygens (including phenoxy) is 1. The molecule has 10 nitrogen and oxygen atoms in total. The SMILES string of the molecule is COC(=O)N1CCN(CCNS(=O)(=O)c2cccc([N+](=O)[O-])c2)CC1. The molecule has 2 rings (SSSR count). The minimum Gasteiger partial charge on any atom is -0.453 e. The van der Waals surface area contributed by atoms with E-state index in [1.165, 1.54) is 25.3 Å². The van der Waals surface area contributed by atoms with Crippen LogP contribution in [-0.4, -0.2) is 75.6 Å². The number of carbonyl (C=O) groups excluding carboxylic acids is 1. The summed E-state index contributed by atoms with van der Waals surface area (Å²) in [5.74, 6) is 0. The topological polar surface area (TPSA) is 122 Å². The third kappa shape index (κ3) is 5.11. The van der Waals surface area contributed by atoms with Gasteiger partial charge in [-0.3, -0.25) is 15.0 Å². The molecule has 1 aromatic rings. The van der Waals surface area contributed by atoms with Crippen LogP contribution in [0.3, 0.4) is 0 Å². The maximum absolute atomic E-state index is 12.2. The molecule has 1 heterocycles. The zero-order valence-electron chi connectivity index (χ0n) is 13.8. The number of carbonyl (C=O) groups is 1. The average Bonchev–Trinajstić information content (AvgIpc) is 2.61. The largest absolute Gasteiger partial charge is 0.453 e. The number of nitro benzene ring substituents is 1. The zero-order valence-corrected chi connectivity index (χ0v) is 14.6. The lowest BCUT2D eigenvalue weighted by molar-refractivity contribution is -0.385. The number of methoxy groups -OCH3 is 1. The van der Waals surface area contributed by atoms with E-state index in [-0.39, 0.29) is 23.2 Å². The Balaban J connectivity index is 1.84. The molecular weight excluding hydrogens is 352 g/mol. The van der Waals surface area contributed by atoms with Crippen LogP contribution in [0.5, 0.6) is 0 Å². The lowest BCUT2D eigenvalue weighted by Gasteiger charge is -2.33. The lowest BCUT2D eigenvalue weighted by Crippen LogP contribution is -2.50. The van der Waals surface area contributed by atoms with Crippen LogP contribution in [0.2, 0.25) is 0 Å². The number of nitrogens with zero attached hydrogens (tertiary/aromatic N) is 3. The molecule has 0 radical (unpaired) electrons. The van der Waals surface area contributed by atoms with Gasteiger partial charge in [-0.15, -0.1) is 0 Å². The van der Waals surface area contributed by atoms with E-state index < -0.39 is 14.9 Å².